The summed E-state index contributed by atoms with van der Waals surface area (Å²) in [5.74, 6) is 0. The fourth-order valence-electron chi connectivity index (χ4n) is 7.02. The van der Waals surface area contributed by atoms with Gasteiger partial charge in [-0.3, -0.25) is 0 Å². The monoisotopic (exact) mass is 575 g/mol. The largest absolute Gasteiger partial charge is 0.456 e. The molecule has 0 aliphatic carbocycles. The maximum atomic E-state index is 6.35. The average molecular weight is 576 g/mol. The molecule has 0 amide bonds. The van der Waals surface area contributed by atoms with Gasteiger partial charge < -0.3 is 13.7 Å². The standard InChI is InChI=1S/C42H25NO2/c1-2-8-28-21-30(17-15-26(28)7-1)43(32-19-20-35-33-9-3-5-11-39(33)45-42(35)24-32)31-18-16-27-13-14-29-22-41-38(25-37(29)36(27)23-31)34-10-4-6-12-40(34)44-41/h1-25H. The van der Waals surface area contributed by atoms with Gasteiger partial charge in [-0.1, -0.05) is 84.9 Å². The van der Waals surface area contributed by atoms with Crippen molar-refractivity contribution in [3.63, 3.8) is 0 Å². The Morgan fingerprint density at radius 3 is 1.64 bits per heavy atom. The normalized spacial score (nSPS) is 12.0. The lowest BCUT2D eigenvalue weighted by Crippen LogP contribution is -2.09. The van der Waals surface area contributed by atoms with Crippen LogP contribution < -0.4 is 4.90 Å². The summed E-state index contributed by atoms with van der Waals surface area (Å²) in [6.07, 6.45) is 0. The molecule has 0 aliphatic rings. The minimum absolute atomic E-state index is 0.875. The van der Waals surface area contributed by atoms with E-state index in [9.17, 15) is 0 Å². The molecule has 210 valence electrons. The Bertz CT molecular complexity index is 2780. The van der Waals surface area contributed by atoms with Crippen LogP contribution >= 0.6 is 0 Å². The van der Waals surface area contributed by atoms with Crippen molar-refractivity contribution in [3.05, 3.63) is 152 Å². The first-order valence-corrected chi connectivity index (χ1v) is 15.2. The van der Waals surface area contributed by atoms with E-state index >= 15 is 0 Å². The second kappa shape index (κ2) is 9.22. The molecule has 3 nitrogen and oxygen atoms in total. The summed E-state index contributed by atoms with van der Waals surface area (Å²) in [5.41, 5.74) is 6.81. The smallest absolute Gasteiger partial charge is 0.137 e. The van der Waals surface area contributed by atoms with Crippen LogP contribution in [-0.4, -0.2) is 0 Å². The molecule has 10 rings (SSSR count). The molecule has 45 heavy (non-hydrogen) atoms. The number of anilines is 3. The maximum Gasteiger partial charge on any atom is 0.137 e. The van der Waals surface area contributed by atoms with Crippen LogP contribution in [0.4, 0.5) is 17.1 Å². The molecule has 10 aromatic rings. The first-order valence-electron chi connectivity index (χ1n) is 15.2. The van der Waals surface area contributed by atoms with Crippen LogP contribution in [0.1, 0.15) is 0 Å². The number of furan rings is 2. The van der Waals surface area contributed by atoms with E-state index in [1.165, 1.54) is 26.9 Å². The third-order valence-electron chi connectivity index (χ3n) is 9.19. The molecule has 2 aromatic heterocycles. The van der Waals surface area contributed by atoms with Gasteiger partial charge in [0.1, 0.15) is 22.3 Å². The first-order chi connectivity index (χ1) is 22.3. The summed E-state index contributed by atoms with van der Waals surface area (Å²) in [6.45, 7) is 0. The second-order valence-electron chi connectivity index (χ2n) is 11.8. The van der Waals surface area contributed by atoms with Crippen LogP contribution in [0.3, 0.4) is 0 Å². The van der Waals surface area contributed by atoms with Gasteiger partial charge in [-0.25, -0.2) is 0 Å². The van der Waals surface area contributed by atoms with Gasteiger partial charge in [0.15, 0.2) is 0 Å². The number of rotatable bonds is 3. The van der Waals surface area contributed by atoms with Gasteiger partial charge in [0.2, 0.25) is 0 Å². The Morgan fingerprint density at radius 2 is 0.822 bits per heavy atom. The summed E-state index contributed by atoms with van der Waals surface area (Å²) in [5, 5.41) is 11.7. The molecule has 0 radical (unpaired) electrons. The molecule has 0 saturated carbocycles. The average Bonchev–Trinajstić information content (AvgIpc) is 3.65. The van der Waals surface area contributed by atoms with Gasteiger partial charge in [-0.2, -0.15) is 0 Å². The lowest BCUT2D eigenvalue weighted by atomic mass is 9.98. The van der Waals surface area contributed by atoms with E-state index < -0.39 is 0 Å². The SMILES string of the molecule is c1ccc2cc(N(c3ccc4c(c3)oc3ccccc34)c3ccc4ccc5cc6oc7ccccc7c6cc5c4c3)ccc2c1. The van der Waals surface area contributed by atoms with Crippen LogP contribution in [0.15, 0.2) is 160 Å². The molecule has 0 saturated heterocycles. The molecule has 0 fully saturated rings. The fourth-order valence-corrected chi connectivity index (χ4v) is 7.02. The molecule has 8 aromatic carbocycles. The van der Waals surface area contributed by atoms with Crippen molar-refractivity contribution < 1.29 is 8.83 Å². The molecule has 0 atom stereocenters. The van der Waals surface area contributed by atoms with Crippen LogP contribution in [0.5, 0.6) is 0 Å². The number of benzene rings is 8. The van der Waals surface area contributed by atoms with E-state index in [1.807, 2.05) is 24.3 Å². The van der Waals surface area contributed by atoms with Gasteiger partial charge in [0.05, 0.1) is 0 Å². The summed E-state index contributed by atoms with van der Waals surface area (Å²) in [6, 6.07) is 53.9. The van der Waals surface area contributed by atoms with Gasteiger partial charge >= 0.3 is 0 Å². The molecule has 0 spiro atoms. The van der Waals surface area contributed by atoms with E-state index in [0.717, 1.165) is 66.3 Å². The van der Waals surface area contributed by atoms with E-state index in [0.29, 0.717) is 0 Å². The third kappa shape index (κ3) is 3.71. The highest BCUT2D eigenvalue weighted by atomic mass is 16.3. The number of hydrogen-bond donors (Lipinski definition) is 0. The number of para-hydroxylation sites is 2. The molecular formula is C42H25NO2. The van der Waals surface area contributed by atoms with Crippen molar-refractivity contribution in [2.24, 2.45) is 0 Å². The molecule has 0 bridgehead atoms. The topological polar surface area (TPSA) is 29.5 Å². The first kappa shape index (κ1) is 24.4. The molecule has 3 heteroatoms. The lowest BCUT2D eigenvalue weighted by Gasteiger charge is -2.26. The zero-order valence-electron chi connectivity index (χ0n) is 24.2. The second-order valence-corrected chi connectivity index (χ2v) is 11.8. The summed E-state index contributed by atoms with van der Waals surface area (Å²) in [4.78, 5) is 2.34. The highest BCUT2D eigenvalue weighted by molar-refractivity contribution is 6.17. The Hall–Kier alpha value is -6.06. The molecule has 0 unspecified atom stereocenters. The Kier molecular flexibility index (Phi) is 5.00. The Morgan fingerprint density at radius 1 is 0.289 bits per heavy atom. The minimum atomic E-state index is 0.875. The summed E-state index contributed by atoms with van der Waals surface area (Å²) < 4.78 is 12.6. The van der Waals surface area contributed by atoms with Crippen molar-refractivity contribution in [1.82, 2.24) is 0 Å². The number of nitrogens with zero attached hydrogens (tertiary/aromatic N) is 1. The van der Waals surface area contributed by atoms with E-state index in [1.54, 1.807) is 0 Å². The van der Waals surface area contributed by atoms with Gasteiger partial charge in [0.25, 0.3) is 0 Å². The lowest BCUT2D eigenvalue weighted by molar-refractivity contribution is 0.669. The summed E-state index contributed by atoms with van der Waals surface area (Å²) >= 11 is 0. The van der Waals surface area contributed by atoms with Gasteiger partial charge in [-0.15, -0.1) is 0 Å². The quantitative estimate of drug-likeness (QED) is 0.196. The third-order valence-corrected chi connectivity index (χ3v) is 9.19. The number of fused-ring (bicyclic) bond motifs is 10. The van der Waals surface area contributed by atoms with Crippen molar-refractivity contribution in [3.8, 4) is 0 Å². The zero-order chi connectivity index (χ0) is 29.5. The molecule has 0 N–H and O–H groups in total. The summed E-state index contributed by atoms with van der Waals surface area (Å²) in [7, 11) is 0. The zero-order valence-corrected chi connectivity index (χ0v) is 24.2. The number of hydrogen-bond acceptors (Lipinski definition) is 3. The fraction of sp³-hybridized carbons (Fsp3) is 0. The van der Waals surface area contributed by atoms with Crippen molar-refractivity contribution in [2.45, 2.75) is 0 Å². The predicted molar refractivity (Wildman–Crippen MR) is 188 cm³/mol. The van der Waals surface area contributed by atoms with Crippen molar-refractivity contribution >= 4 is 93.3 Å². The Balaban J connectivity index is 1.23. The maximum absolute atomic E-state index is 6.35. The molecule has 2 heterocycles. The molecule has 0 aliphatic heterocycles. The highest BCUT2D eigenvalue weighted by Crippen LogP contribution is 2.42. The molecular weight excluding hydrogens is 550 g/mol. The van der Waals surface area contributed by atoms with E-state index in [4.69, 9.17) is 8.83 Å². The van der Waals surface area contributed by atoms with E-state index in [2.05, 4.69) is 132 Å². The highest BCUT2D eigenvalue weighted by Gasteiger charge is 2.17. The van der Waals surface area contributed by atoms with Gasteiger partial charge in [0, 0.05) is 44.7 Å². The van der Waals surface area contributed by atoms with E-state index in [-0.39, 0.29) is 0 Å². The van der Waals surface area contributed by atoms with Crippen molar-refractivity contribution in [1.29, 1.82) is 0 Å². The van der Waals surface area contributed by atoms with Crippen LogP contribution in [0, 0.1) is 0 Å². The van der Waals surface area contributed by atoms with Crippen LogP contribution in [0.25, 0.3) is 76.2 Å². The predicted octanol–water partition coefficient (Wildman–Crippen LogP) is 12.4. The minimum Gasteiger partial charge on any atom is -0.456 e. The van der Waals surface area contributed by atoms with Gasteiger partial charge in [-0.05, 0) is 93.0 Å². The van der Waals surface area contributed by atoms with Crippen LogP contribution in [0.2, 0.25) is 0 Å². The van der Waals surface area contributed by atoms with Crippen molar-refractivity contribution in [2.75, 3.05) is 4.90 Å². The Labute approximate surface area is 258 Å². The van der Waals surface area contributed by atoms with Crippen LogP contribution in [-0.2, 0) is 0 Å².